The summed E-state index contributed by atoms with van der Waals surface area (Å²) in [7, 11) is -4.25. The molecule has 2 rings (SSSR count). The predicted octanol–water partition coefficient (Wildman–Crippen LogP) is 3.21. The molecule has 0 unspecified atom stereocenters. The van der Waals surface area contributed by atoms with Crippen molar-refractivity contribution in [1.29, 1.82) is 0 Å². The van der Waals surface area contributed by atoms with Crippen LogP contribution in [-0.2, 0) is 16.5 Å². The van der Waals surface area contributed by atoms with Crippen molar-refractivity contribution in [1.82, 2.24) is 0 Å². The van der Waals surface area contributed by atoms with E-state index in [0.29, 0.717) is 17.4 Å². The van der Waals surface area contributed by atoms with Gasteiger partial charge in [-0.1, -0.05) is 48.6 Å². The average molecular weight is 262 g/mol. The maximum Gasteiger partial charge on any atom is 0.295 e. The zero-order valence-electron chi connectivity index (χ0n) is 10.1. The second-order valence-electron chi connectivity index (χ2n) is 4.38. The van der Waals surface area contributed by atoms with Gasteiger partial charge in [0.25, 0.3) is 10.1 Å². The lowest BCUT2D eigenvalue weighted by atomic mass is 10.0. The zero-order chi connectivity index (χ0) is 13.3. The summed E-state index contributed by atoms with van der Waals surface area (Å²) >= 11 is 0. The van der Waals surface area contributed by atoms with Gasteiger partial charge in [-0.25, -0.2) is 0 Å². The van der Waals surface area contributed by atoms with Gasteiger partial charge in [-0.3, -0.25) is 4.55 Å². The monoisotopic (exact) mass is 262 g/mol. The third-order valence-corrected chi connectivity index (χ3v) is 3.71. The third kappa shape index (κ3) is 2.44. The fourth-order valence-corrected chi connectivity index (χ4v) is 2.99. The van der Waals surface area contributed by atoms with E-state index < -0.39 is 10.1 Å². The molecular formula is C14H14O3S. The second-order valence-corrected chi connectivity index (χ2v) is 5.74. The molecule has 18 heavy (non-hydrogen) atoms. The van der Waals surface area contributed by atoms with Crippen molar-refractivity contribution >= 4 is 20.9 Å². The minimum atomic E-state index is -4.25. The highest BCUT2D eigenvalue weighted by molar-refractivity contribution is 7.86. The minimum absolute atomic E-state index is 0.0106. The van der Waals surface area contributed by atoms with E-state index >= 15 is 0 Å². The summed E-state index contributed by atoms with van der Waals surface area (Å²) in [5.74, 6) is 0. The van der Waals surface area contributed by atoms with Crippen LogP contribution < -0.4 is 0 Å². The van der Waals surface area contributed by atoms with Crippen molar-refractivity contribution in [3.63, 3.8) is 0 Å². The predicted molar refractivity (Wildman–Crippen MR) is 72.3 cm³/mol. The van der Waals surface area contributed by atoms with Crippen molar-refractivity contribution < 1.29 is 13.0 Å². The van der Waals surface area contributed by atoms with E-state index in [0.717, 1.165) is 11.0 Å². The van der Waals surface area contributed by atoms with Gasteiger partial charge in [0.15, 0.2) is 0 Å². The number of benzene rings is 2. The number of allylic oxidation sites excluding steroid dienone is 1. The molecule has 0 radical (unpaired) electrons. The van der Waals surface area contributed by atoms with Gasteiger partial charge in [0.05, 0.1) is 0 Å². The van der Waals surface area contributed by atoms with E-state index in [-0.39, 0.29) is 4.90 Å². The summed E-state index contributed by atoms with van der Waals surface area (Å²) in [6, 6.07) is 10.7. The van der Waals surface area contributed by atoms with E-state index in [4.69, 9.17) is 0 Å². The van der Waals surface area contributed by atoms with Crippen LogP contribution in [0.3, 0.4) is 0 Å². The number of hydrogen-bond donors (Lipinski definition) is 1. The summed E-state index contributed by atoms with van der Waals surface area (Å²) in [6.45, 7) is 5.60. The molecule has 4 heteroatoms. The molecule has 94 valence electrons. The fourth-order valence-electron chi connectivity index (χ4n) is 2.06. The van der Waals surface area contributed by atoms with E-state index in [1.165, 1.54) is 0 Å². The first-order valence-corrected chi connectivity index (χ1v) is 6.96. The molecule has 0 amide bonds. The fraction of sp³-hybridized carbons (Fsp3) is 0.143. The number of hydrogen-bond acceptors (Lipinski definition) is 2. The maximum atomic E-state index is 11.6. The zero-order valence-corrected chi connectivity index (χ0v) is 10.9. The van der Waals surface area contributed by atoms with E-state index in [2.05, 4.69) is 6.58 Å². The van der Waals surface area contributed by atoms with Crippen LogP contribution in [0.15, 0.2) is 53.4 Å². The van der Waals surface area contributed by atoms with E-state index in [1.807, 2.05) is 25.1 Å². The Balaban J connectivity index is 2.84. The highest BCUT2D eigenvalue weighted by Gasteiger charge is 2.18. The Kier molecular flexibility index (Phi) is 3.24. The Morgan fingerprint density at radius 1 is 1.22 bits per heavy atom. The van der Waals surface area contributed by atoms with Crippen LogP contribution in [0.2, 0.25) is 0 Å². The van der Waals surface area contributed by atoms with Crippen LogP contribution in [0.1, 0.15) is 12.5 Å². The standard InChI is InChI=1S/C14H14O3S/c1-10(2)9-12-8-7-11-5-3-4-6-13(11)14(12)18(15,16)17/h3-8H,1,9H2,2H3,(H,15,16,17). The molecule has 0 aliphatic heterocycles. The lowest BCUT2D eigenvalue weighted by molar-refractivity contribution is 0.483. The molecule has 0 bridgehead atoms. The van der Waals surface area contributed by atoms with Gasteiger partial charge in [-0.2, -0.15) is 8.42 Å². The quantitative estimate of drug-likeness (QED) is 0.682. The van der Waals surface area contributed by atoms with E-state index in [1.54, 1.807) is 18.2 Å². The van der Waals surface area contributed by atoms with Gasteiger partial charge in [-0.15, -0.1) is 0 Å². The number of fused-ring (bicyclic) bond motifs is 1. The van der Waals surface area contributed by atoms with Gasteiger partial charge < -0.3 is 0 Å². The molecule has 0 saturated heterocycles. The Morgan fingerprint density at radius 3 is 2.50 bits per heavy atom. The minimum Gasteiger partial charge on any atom is -0.282 e. The van der Waals surface area contributed by atoms with Crippen LogP contribution in [0, 0.1) is 0 Å². The summed E-state index contributed by atoms with van der Waals surface area (Å²) in [5, 5.41) is 1.33. The lowest BCUT2D eigenvalue weighted by Gasteiger charge is -2.10. The van der Waals surface area contributed by atoms with Crippen molar-refractivity contribution in [2.45, 2.75) is 18.2 Å². The molecule has 0 aliphatic carbocycles. The van der Waals surface area contributed by atoms with Gasteiger partial charge in [0, 0.05) is 5.39 Å². The molecule has 0 atom stereocenters. The molecule has 0 fully saturated rings. The Bertz CT molecular complexity index is 715. The molecule has 0 aliphatic rings. The van der Waals surface area contributed by atoms with Crippen LogP contribution in [0.25, 0.3) is 10.8 Å². The Labute approximate surface area is 107 Å². The second kappa shape index (κ2) is 4.55. The molecule has 0 spiro atoms. The Hall–Kier alpha value is -1.65. The van der Waals surface area contributed by atoms with Gasteiger partial charge in [0.2, 0.25) is 0 Å². The maximum absolute atomic E-state index is 11.6. The molecule has 0 aromatic heterocycles. The third-order valence-electron chi connectivity index (χ3n) is 2.71. The first-order valence-electron chi connectivity index (χ1n) is 5.52. The van der Waals surface area contributed by atoms with Gasteiger partial charge in [-0.05, 0) is 24.3 Å². The Morgan fingerprint density at radius 2 is 1.89 bits per heavy atom. The summed E-state index contributed by atoms with van der Waals surface area (Å²) < 4.78 is 32.6. The van der Waals surface area contributed by atoms with Crippen molar-refractivity contribution in [2.75, 3.05) is 0 Å². The normalized spacial score (nSPS) is 11.7. The largest absolute Gasteiger partial charge is 0.295 e. The smallest absolute Gasteiger partial charge is 0.282 e. The molecule has 2 aromatic rings. The van der Waals surface area contributed by atoms with Gasteiger partial charge in [0.1, 0.15) is 4.90 Å². The highest BCUT2D eigenvalue weighted by Crippen LogP contribution is 2.28. The molecule has 2 aromatic carbocycles. The molecule has 0 saturated carbocycles. The molecule has 3 nitrogen and oxygen atoms in total. The van der Waals surface area contributed by atoms with Crippen LogP contribution in [0.5, 0.6) is 0 Å². The van der Waals surface area contributed by atoms with Crippen LogP contribution >= 0.6 is 0 Å². The molecule has 0 heterocycles. The van der Waals surface area contributed by atoms with Crippen molar-refractivity contribution in [3.05, 3.63) is 54.1 Å². The first kappa shape index (κ1) is 12.8. The SMILES string of the molecule is C=C(C)Cc1ccc2ccccc2c1S(=O)(=O)O. The van der Waals surface area contributed by atoms with Crippen LogP contribution in [0.4, 0.5) is 0 Å². The summed E-state index contributed by atoms with van der Waals surface area (Å²) in [6.07, 6.45) is 0.431. The van der Waals surface area contributed by atoms with E-state index in [9.17, 15) is 13.0 Å². The first-order chi connectivity index (χ1) is 8.39. The van der Waals surface area contributed by atoms with Crippen molar-refractivity contribution in [3.8, 4) is 0 Å². The average Bonchev–Trinajstić information content (AvgIpc) is 2.26. The van der Waals surface area contributed by atoms with Crippen molar-refractivity contribution in [2.24, 2.45) is 0 Å². The highest BCUT2D eigenvalue weighted by atomic mass is 32.2. The molecule has 1 N–H and O–H groups in total. The number of rotatable bonds is 3. The van der Waals surface area contributed by atoms with Gasteiger partial charge >= 0.3 is 0 Å². The molecular weight excluding hydrogens is 248 g/mol. The van der Waals surface area contributed by atoms with Crippen LogP contribution in [-0.4, -0.2) is 13.0 Å². The summed E-state index contributed by atoms with van der Waals surface area (Å²) in [4.78, 5) is -0.0106. The summed E-state index contributed by atoms with van der Waals surface area (Å²) in [5.41, 5.74) is 1.42. The topological polar surface area (TPSA) is 54.4 Å². The lowest BCUT2D eigenvalue weighted by Crippen LogP contribution is -2.04.